The molecule has 1 amide bonds. The molecule has 0 aliphatic rings. The van der Waals surface area contributed by atoms with Crippen molar-refractivity contribution in [1.82, 2.24) is 10.3 Å². The average molecular weight is 356 g/mol. The van der Waals surface area contributed by atoms with Gasteiger partial charge in [-0.15, -0.1) is 0 Å². The van der Waals surface area contributed by atoms with Gasteiger partial charge in [-0.3, -0.25) is 4.79 Å². The van der Waals surface area contributed by atoms with Crippen LogP contribution in [0.4, 0.5) is 5.82 Å². The van der Waals surface area contributed by atoms with Crippen molar-refractivity contribution in [2.45, 2.75) is 52.4 Å². The SMILES string of the molecule is CCCCCCCCNC(=O)c1cc(Br)cnc1NCC. The van der Waals surface area contributed by atoms with Gasteiger partial charge in [0, 0.05) is 23.8 Å². The zero-order chi connectivity index (χ0) is 15.5. The number of pyridine rings is 1. The van der Waals surface area contributed by atoms with Crippen molar-refractivity contribution in [3.8, 4) is 0 Å². The van der Waals surface area contributed by atoms with Crippen molar-refractivity contribution in [2.24, 2.45) is 0 Å². The van der Waals surface area contributed by atoms with Crippen molar-refractivity contribution in [3.63, 3.8) is 0 Å². The first-order chi connectivity index (χ1) is 10.2. The van der Waals surface area contributed by atoms with Crippen molar-refractivity contribution in [2.75, 3.05) is 18.4 Å². The largest absolute Gasteiger partial charge is 0.370 e. The first kappa shape index (κ1) is 18.0. The van der Waals surface area contributed by atoms with E-state index in [9.17, 15) is 4.79 Å². The zero-order valence-electron chi connectivity index (χ0n) is 13.0. The normalized spacial score (nSPS) is 10.4. The minimum atomic E-state index is -0.0618. The number of nitrogens with one attached hydrogen (secondary N) is 2. The van der Waals surface area contributed by atoms with Crippen LogP contribution in [-0.4, -0.2) is 24.0 Å². The summed E-state index contributed by atoms with van der Waals surface area (Å²) in [7, 11) is 0. The summed E-state index contributed by atoms with van der Waals surface area (Å²) in [6, 6.07) is 1.81. The maximum atomic E-state index is 12.2. The van der Waals surface area contributed by atoms with Crippen LogP contribution in [0.1, 0.15) is 62.7 Å². The summed E-state index contributed by atoms with van der Waals surface area (Å²) >= 11 is 3.36. The fourth-order valence-electron chi connectivity index (χ4n) is 2.12. The third-order valence-corrected chi connectivity index (χ3v) is 3.69. The monoisotopic (exact) mass is 355 g/mol. The average Bonchev–Trinajstić information content (AvgIpc) is 2.48. The van der Waals surface area contributed by atoms with E-state index in [0.29, 0.717) is 11.4 Å². The quantitative estimate of drug-likeness (QED) is 0.612. The van der Waals surface area contributed by atoms with Crippen molar-refractivity contribution < 1.29 is 4.79 Å². The van der Waals surface area contributed by atoms with E-state index in [-0.39, 0.29) is 5.91 Å². The van der Waals surface area contributed by atoms with E-state index in [1.165, 1.54) is 32.1 Å². The fraction of sp³-hybridized carbons (Fsp3) is 0.625. The smallest absolute Gasteiger partial charge is 0.255 e. The van der Waals surface area contributed by atoms with Gasteiger partial charge in [0.05, 0.1) is 5.56 Å². The van der Waals surface area contributed by atoms with E-state index in [4.69, 9.17) is 0 Å². The molecule has 0 saturated carbocycles. The summed E-state index contributed by atoms with van der Waals surface area (Å²) in [6.45, 7) is 5.67. The number of halogens is 1. The van der Waals surface area contributed by atoms with Crippen molar-refractivity contribution >= 4 is 27.7 Å². The summed E-state index contributed by atoms with van der Waals surface area (Å²) in [5.41, 5.74) is 0.595. The Bertz CT molecular complexity index is 438. The number of aromatic nitrogens is 1. The maximum absolute atomic E-state index is 12.2. The van der Waals surface area contributed by atoms with Gasteiger partial charge in [-0.1, -0.05) is 39.0 Å². The van der Waals surface area contributed by atoms with Crippen molar-refractivity contribution in [3.05, 3.63) is 22.3 Å². The lowest BCUT2D eigenvalue weighted by Crippen LogP contribution is -2.25. The summed E-state index contributed by atoms with van der Waals surface area (Å²) in [5.74, 6) is 0.578. The Labute approximate surface area is 136 Å². The van der Waals surface area contributed by atoms with E-state index >= 15 is 0 Å². The second-order valence-electron chi connectivity index (χ2n) is 5.10. The second-order valence-corrected chi connectivity index (χ2v) is 6.02. The first-order valence-corrected chi connectivity index (χ1v) is 8.66. The van der Waals surface area contributed by atoms with Gasteiger partial charge in [0.15, 0.2) is 0 Å². The molecule has 2 N–H and O–H groups in total. The van der Waals surface area contributed by atoms with Crippen LogP contribution in [0.2, 0.25) is 0 Å². The number of rotatable bonds is 10. The lowest BCUT2D eigenvalue weighted by molar-refractivity contribution is 0.0953. The Kier molecular flexibility index (Phi) is 9.06. The highest BCUT2D eigenvalue weighted by molar-refractivity contribution is 9.10. The number of amides is 1. The van der Waals surface area contributed by atoms with E-state index < -0.39 is 0 Å². The van der Waals surface area contributed by atoms with E-state index in [1.807, 2.05) is 13.0 Å². The van der Waals surface area contributed by atoms with Crippen LogP contribution in [0.25, 0.3) is 0 Å². The molecule has 0 aliphatic heterocycles. The van der Waals surface area contributed by atoms with Crippen LogP contribution in [0, 0.1) is 0 Å². The van der Waals surface area contributed by atoms with Gasteiger partial charge in [-0.05, 0) is 35.3 Å². The molecule has 0 unspecified atom stereocenters. The van der Waals surface area contributed by atoms with E-state index in [2.05, 4.69) is 38.5 Å². The van der Waals surface area contributed by atoms with Crippen LogP contribution in [-0.2, 0) is 0 Å². The molecule has 0 atom stereocenters. The molecule has 0 aliphatic carbocycles. The third kappa shape index (κ3) is 6.93. The number of hydrogen-bond donors (Lipinski definition) is 2. The van der Waals surface area contributed by atoms with Gasteiger partial charge in [0.1, 0.15) is 5.82 Å². The molecule has 0 bridgehead atoms. The summed E-state index contributed by atoms with van der Waals surface area (Å²) in [5, 5.41) is 6.09. The third-order valence-electron chi connectivity index (χ3n) is 3.26. The van der Waals surface area contributed by atoms with Crippen LogP contribution in [0.15, 0.2) is 16.7 Å². The highest BCUT2D eigenvalue weighted by atomic mass is 79.9. The van der Waals surface area contributed by atoms with Gasteiger partial charge in [0.25, 0.3) is 5.91 Å². The van der Waals surface area contributed by atoms with E-state index in [1.54, 1.807) is 6.20 Å². The van der Waals surface area contributed by atoms with Gasteiger partial charge >= 0.3 is 0 Å². The van der Waals surface area contributed by atoms with Crippen molar-refractivity contribution in [1.29, 1.82) is 0 Å². The standard InChI is InChI=1S/C16H26BrN3O/c1-3-5-6-7-8-9-10-19-16(21)14-11-13(17)12-20-15(14)18-4-2/h11-12H,3-10H2,1-2H3,(H,18,20)(H,19,21). The Hall–Kier alpha value is -1.10. The zero-order valence-corrected chi connectivity index (χ0v) is 14.6. The molecule has 1 rings (SSSR count). The number of carbonyl (C=O) groups excluding carboxylic acids is 1. The number of unbranched alkanes of at least 4 members (excludes halogenated alkanes) is 5. The van der Waals surface area contributed by atoms with Gasteiger partial charge < -0.3 is 10.6 Å². The molecule has 1 aromatic heterocycles. The van der Waals surface area contributed by atoms with Gasteiger partial charge in [0.2, 0.25) is 0 Å². The molecule has 0 radical (unpaired) electrons. The Morgan fingerprint density at radius 3 is 2.62 bits per heavy atom. The predicted octanol–water partition coefficient (Wildman–Crippen LogP) is 4.37. The summed E-state index contributed by atoms with van der Waals surface area (Å²) in [6.07, 6.45) is 9.03. The molecule has 5 heteroatoms. The molecule has 4 nitrogen and oxygen atoms in total. The maximum Gasteiger partial charge on any atom is 0.255 e. The molecule has 1 aromatic rings. The number of anilines is 1. The first-order valence-electron chi connectivity index (χ1n) is 7.86. The minimum Gasteiger partial charge on any atom is -0.370 e. The van der Waals surface area contributed by atoms with Crippen LogP contribution >= 0.6 is 15.9 Å². The second kappa shape index (κ2) is 10.6. The summed E-state index contributed by atoms with van der Waals surface area (Å²) in [4.78, 5) is 16.5. The highest BCUT2D eigenvalue weighted by Crippen LogP contribution is 2.18. The predicted molar refractivity (Wildman–Crippen MR) is 91.8 cm³/mol. The molecule has 1 heterocycles. The number of carbonyl (C=O) groups is 1. The van der Waals surface area contributed by atoms with Crippen LogP contribution < -0.4 is 10.6 Å². The molecule has 0 fully saturated rings. The molecule has 21 heavy (non-hydrogen) atoms. The number of hydrogen-bond acceptors (Lipinski definition) is 3. The van der Waals surface area contributed by atoms with Crippen LogP contribution in [0.5, 0.6) is 0 Å². The van der Waals surface area contributed by atoms with Crippen LogP contribution in [0.3, 0.4) is 0 Å². The lowest BCUT2D eigenvalue weighted by atomic mass is 10.1. The highest BCUT2D eigenvalue weighted by Gasteiger charge is 2.12. The Morgan fingerprint density at radius 2 is 1.90 bits per heavy atom. The molecular weight excluding hydrogens is 330 g/mol. The molecule has 0 saturated heterocycles. The molecule has 118 valence electrons. The van der Waals surface area contributed by atoms with Gasteiger partial charge in [-0.25, -0.2) is 4.98 Å². The molecule has 0 spiro atoms. The number of nitrogens with zero attached hydrogens (tertiary/aromatic N) is 1. The molecular formula is C16H26BrN3O. The van der Waals surface area contributed by atoms with E-state index in [0.717, 1.165) is 24.0 Å². The molecule has 0 aromatic carbocycles. The van der Waals surface area contributed by atoms with Gasteiger partial charge in [-0.2, -0.15) is 0 Å². The Balaban J connectivity index is 2.39. The fourth-order valence-corrected chi connectivity index (χ4v) is 2.45. The Morgan fingerprint density at radius 1 is 1.19 bits per heavy atom. The minimum absolute atomic E-state index is 0.0618. The topological polar surface area (TPSA) is 54.0 Å². The summed E-state index contributed by atoms with van der Waals surface area (Å²) < 4.78 is 0.814. The lowest BCUT2D eigenvalue weighted by Gasteiger charge is -2.10.